The number of nitrogens with zero attached hydrogens (tertiary/aromatic N) is 8. The Bertz CT molecular complexity index is 791. The van der Waals surface area contributed by atoms with Crippen molar-refractivity contribution in [3.63, 3.8) is 0 Å². The average molecular weight is 326 g/mol. The van der Waals surface area contributed by atoms with Gasteiger partial charge in [0.1, 0.15) is 12.1 Å². The van der Waals surface area contributed by atoms with E-state index < -0.39 is 0 Å². The van der Waals surface area contributed by atoms with Crippen LogP contribution in [-0.4, -0.2) is 61.0 Å². The van der Waals surface area contributed by atoms with Gasteiger partial charge in [-0.15, -0.1) is 10.2 Å². The van der Waals surface area contributed by atoms with E-state index in [1.54, 1.807) is 24.1 Å². The van der Waals surface area contributed by atoms with Crippen LogP contribution in [0.15, 0.2) is 35.3 Å². The zero-order chi connectivity index (χ0) is 16.4. The molecule has 1 aliphatic rings. The number of hydrogen-bond donors (Lipinski definition) is 0. The predicted molar refractivity (Wildman–Crippen MR) is 85.7 cm³/mol. The molecule has 0 unspecified atom stereocenters. The molecule has 4 heterocycles. The van der Waals surface area contributed by atoms with Crippen LogP contribution >= 0.6 is 0 Å². The number of aromatic nitrogens is 6. The van der Waals surface area contributed by atoms with Crippen LogP contribution in [0.3, 0.4) is 0 Å². The highest BCUT2D eigenvalue weighted by atomic mass is 16.4. The summed E-state index contributed by atoms with van der Waals surface area (Å²) in [5.74, 6) is 2.97. The van der Waals surface area contributed by atoms with Crippen LogP contribution in [0.2, 0.25) is 0 Å². The number of aryl methyl sites for hydroxylation is 1. The van der Waals surface area contributed by atoms with Crippen molar-refractivity contribution in [3.05, 3.63) is 42.6 Å². The SMILES string of the molecule is Cc1nnc(CN2CCN(c3cc(-n4cccn4)ncn3)CC2)o1. The first kappa shape index (κ1) is 14.8. The molecule has 3 aromatic rings. The zero-order valence-corrected chi connectivity index (χ0v) is 13.4. The Morgan fingerprint density at radius 1 is 1.08 bits per heavy atom. The minimum atomic E-state index is 0.607. The van der Waals surface area contributed by atoms with E-state index in [0.717, 1.165) is 37.8 Å². The van der Waals surface area contributed by atoms with Gasteiger partial charge in [-0.05, 0) is 6.07 Å². The van der Waals surface area contributed by atoms with E-state index in [4.69, 9.17) is 4.42 Å². The van der Waals surface area contributed by atoms with Gasteiger partial charge in [0, 0.05) is 51.6 Å². The summed E-state index contributed by atoms with van der Waals surface area (Å²) in [6, 6.07) is 3.84. The highest BCUT2D eigenvalue weighted by Gasteiger charge is 2.20. The third kappa shape index (κ3) is 3.11. The molecule has 1 saturated heterocycles. The first-order valence-corrected chi connectivity index (χ1v) is 7.86. The molecule has 4 rings (SSSR count). The molecule has 0 spiro atoms. The van der Waals surface area contributed by atoms with Gasteiger partial charge >= 0.3 is 0 Å². The summed E-state index contributed by atoms with van der Waals surface area (Å²) < 4.78 is 7.18. The van der Waals surface area contributed by atoms with E-state index in [-0.39, 0.29) is 0 Å². The van der Waals surface area contributed by atoms with Gasteiger partial charge in [-0.1, -0.05) is 0 Å². The van der Waals surface area contributed by atoms with Crippen molar-refractivity contribution in [2.75, 3.05) is 31.1 Å². The highest BCUT2D eigenvalue weighted by Crippen LogP contribution is 2.16. The smallest absolute Gasteiger partial charge is 0.230 e. The molecule has 0 saturated carbocycles. The van der Waals surface area contributed by atoms with Gasteiger partial charge in [0.25, 0.3) is 0 Å². The molecule has 0 radical (unpaired) electrons. The van der Waals surface area contributed by atoms with E-state index >= 15 is 0 Å². The normalized spacial score (nSPS) is 15.8. The van der Waals surface area contributed by atoms with Gasteiger partial charge in [-0.3, -0.25) is 4.90 Å². The topological polar surface area (TPSA) is 89.0 Å². The molecule has 0 aliphatic carbocycles. The second-order valence-electron chi connectivity index (χ2n) is 5.66. The maximum Gasteiger partial charge on any atom is 0.230 e. The standard InChI is InChI=1S/C15H18N8O/c1-12-19-20-15(24-12)10-21-5-7-22(8-6-21)13-9-14(17-11-16-13)23-4-2-3-18-23/h2-4,9,11H,5-8,10H2,1H3. The van der Waals surface area contributed by atoms with Gasteiger partial charge in [0.15, 0.2) is 5.82 Å². The summed E-state index contributed by atoms with van der Waals surface area (Å²) >= 11 is 0. The molecule has 3 aromatic heterocycles. The second-order valence-corrected chi connectivity index (χ2v) is 5.66. The molecular weight excluding hydrogens is 308 g/mol. The van der Waals surface area contributed by atoms with Crippen molar-refractivity contribution in [2.24, 2.45) is 0 Å². The van der Waals surface area contributed by atoms with Crippen LogP contribution in [0.4, 0.5) is 5.82 Å². The molecule has 0 atom stereocenters. The molecule has 0 aromatic carbocycles. The maximum atomic E-state index is 5.45. The van der Waals surface area contributed by atoms with Gasteiger partial charge in [-0.2, -0.15) is 5.10 Å². The Kier molecular flexibility index (Phi) is 3.91. The van der Waals surface area contributed by atoms with Crippen molar-refractivity contribution in [3.8, 4) is 5.82 Å². The summed E-state index contributed by atoms with van der Waals surface area (Å²) in [4.78, 5) is 13.2. The van der Waals surface area contributed by atoms with Crippen LogP contribution in [0.5, 0.6) is 0 Å². The molecule has 0 amide bonds. The first-order valence-electron chi connectivity index (χ1n) is 7.86. The highest BCUT2D eigenvalue weighted by molar-refractivity contribution is 5.43. The van der Waals surface area contributed by atoms with Crippen molar-refractivity contribution in [2.45, 2.75) is 13.5 Å². The first-order chi connectivity index (χ1) is 11.8. The molecule has 1 aliphatic heterocycles. The van der Waals surface area contributed by atoms with Crippen LogP contribution in [0.25, 0.3) is 5.82 Å². The Hall–Kier alpha value is -2.81. The van der Waals surface area contributed by atoms with E-state index in [2.05, 4.69) is 35.1 Å². The third-order valence-electron chi connectivity index (χ3n) is 4.00. The van der Waals surface area contributed by atoms with Crippen LogP contribution in [-0.2, 0) is 6.54 Å². The largest absolute Gasteiger partial charge is 0.424 e. The predicted octanol–water partition coefficient (Wildman–Crippen LogP) is 0.676. The summed E-state index contributed by atoms with van der Waals surface area (Å²) in [5.41, 5.74) is 0. The molecule has 124 valence electrons. The summed E-state index contributed by atoms with van der Waals surface area (Å²) in [6.45, 7) is 6.12. The zero-order valence-electron chi connectivity index (χ0n) is 13.4. The Balaban J connectivity index is 1.40. The van der Waals surface area contributed by atoms with Crippen molar-refractivity contribution in [1.29, 1.82) is 0 Å². The van der Waals surface area contributed by atoms with E-state index in [1.165, 1.54) is 0 Å². The van der Waals surface area contributed by atoms with Crippen molar-refractivity contribution >= 4 is 5.82 Å². The van der Waals surface area contributed by atoms with Gasteiger partial charge in [-0.25, -0.2) is 14.6 Å². The molecular formula is C15H18N8O. The number of piperazine rings is 1. The Labute approximate surface area is 138 Å². The van der Waals surface area contributed by atoms with Crippen LogP contribution in [0.1, 0.15) is 11.8 Å². The van der Waals surface area contributed by atoms with Crippen LogP contribution in [0, 0.1) is 6.92 Å². The molecule has 24 heavy (non-hydrogen) atoms. The van der Waals surface area contributed by atoms with Gasteiger partial charge in [0.2, 0.25) is 11.8 Å². The van der Waals surface area contributed by atoms with E-state index in [0.29, 0.717) is 18.3 Å². The molecule has 1 fully saturated rings. The van der Waals surface area contributed by atoms with Gasteiger partial charge < -0.3 is 9.32 Å². The molecule has 0 bridgehead atoms. The minimum absolute atomic E-state index is 0.607. The van der Waals surface area contributed by atoms with E-state index in [9.17, 15) is 0 Å². The minimum Gasteiger partial charge on any atom is -0.424 e. The lowest BCUT2D eigenvalue weighted by molar-refractivity contribution is 0.224. The summed E-state index contributed by atoms with van der Waals surface area (Å²) in [7, 11) is 0. The fourth-order valence-corrected chi connectivity index (χ4v) is 2.77. The monoisotopic (exact) mass is 326 g/mol. The fraction of sp³-hybridized carbons (Fsp3) is 0.400. The summed E-state index contributed by atoms with van der Waals surface area (Å²) in [5, 5.41) is 12.1. The van der Waals surface area contributed by atoms with Crippen molar-refractivity contribution < 1.29 is 4.42 Å². The fourth-order valence-electron chi connectivity index (χ4n) is 2.77. The summed E-state index contributed by atoms with van der Waals surface area (Å²) in [6.07, 6.45) is 5.19. The lowest BCUT2D eigenvalue weighted by Gasteiger charge is -2.34. The number of hydrogen-bond acceptors (Lipinski definition) is 8. The van der Waals surface area contributed by atoms with Crippen LogP contribution < -0.4 is 4.90 Å². The lowest BCUT2D eigenvalue weighted by Crippen LogP contribution is -2.46. The quantitative estimate of drug-likeness (QED) is 0.691. The second kappa shape index (κ2) is 6.36. The number of anilines is 1. The molecule has 9 heteroatoms. The Morgan fingerprint density at radius 2 is 1.92 bits per heavy atom. The third-order valence-corrected chi connectivity index (χ3v) is 4.00. The Morgan fingerprint density at radius 3 is 2.62 bits per heavy atom. The molecule has 0 N–H and O–H groups in total. The maximum absolute atomic E-state index is 5.45. The molecule has 9 nitrogen and oxygen atoms in total. The number of rotatable bonds is 4. The van der Waals surface area contributed by atoms with Gasteiger partial charge in [0.05, 0.1) is 6.54 Å². The van der Waals surface area contributed by atoms with Crippen molar-refractivity contribution in [1.82, 2.24) is 34.8 Å². The van der Waals surface area contributed by atoms with E-state index in [1.807, 2.05) is 18.3 Å². The lowest BCUT2D eigenvalue weighted by atomic mass is 10.3. The average Bonchev–Trinajstić information content (AvgIpc) is 3.28.